The lowest BCUT2D eigenvalue weighted by Crippen LogP contribution is -2.44. The van der Waals surface area contributed by atoms with Gasteiger partial charge in [0.05, 0.1) is 5.92 Å². The summed E-state index contributed by atoms with van der Waals surface area (Å²) in [4.78, 5) is 10.8. The number of hydrogen-bond donors (Lipinski definition) is 0. The molecule has 0 aromatic carbocycles. The van der Waals surface area contributed by atoms with E-state index < -0.39 is 42.6 Å². The Morgan fingerprint density at radius 2 is 1.73 bits per heavy atom. The second kappa shape index (κ2) is 3.47. The number of halogens is 5. The summed E-state index contributed by atoms with van der Waals surface area (Å²) < 4.78 is 61.7. The Morgan fingerprint density at radius 3 is 2.13 bits per heavy atom. The molecule has 2 atom stereocenters. The fraction of sp³-hybridized carbons (Fsp3) is 0.667. The molecule has 0 N–H and O–H groups in total. The van der Waals surface area contributed by atoms with E-state index in [1.807, 2.05) is 5.92 Å². The first-order valence-electron chi connectivity index (χ1n) is 4.12. The van der Waals surface area contributed by atoms with Gasteiger partial charge in [-0.2, -0.15) is 22.0 Å². The highest BCUT2D eigenvalue weighted by atomic mass is 19.4. The van der Waals surface area contributed by atoms with Crippen LogP contribution in [-0.4, -0.2) is 17.9 Å². The van der Waals surface area contributed by atoms with Gasteiger partial charge in [0.25, 0.3) is 0 Å². The zero-order valence-electron chi connectivity index (χ0n) is 7.44. The fourth-order valence-corrected chi connectivity index (χ4v) is 1.62. The van der Waals surface area contributed by atoms with Crippen LogP contribution in [-0.2, 0) is 4.79 Å². The molecule has 0 aromatic heterocycles. The van der Waals surface area contributed by atoms with Crippen LogP contribution >= 0.6 is 0 Å². The van der Waals surface area contributed by atoms with Crippen LogP contribution in [0.15, 0.2) is 0 Å². The minimum atomic E-state index is -5.66. The molecule has 6 heteroatoms. The third-order valence-electron chi connectivity index (χ3n) is 2.44. The maximum absolute atomic E-state index is 12.9. The minimum absolute atomic E-state index is 0.396. The van der Waals surface area contributed by atoms with Gasteiger partial charge in [-0.05, 0) is 0 Å². The minimum Gasteiger partial charge on any atom is -0.300 e. The Labute approximate surface area is 82.6 Å². The number of rotatable bonds is 1. The standard InChI is InChI=1S/C9H7F5O/c1-2-5-3-6(15)4-7(5)8(10,11)9(12,13)14/h1,5,7H,3-4H2. The van der Waals surface area contributed by atoms with Crippen LogP contribution in [0.5, 0.6) is 0 Å². The first-order valence-corrected chi connectivity index (χ1v) is 4.12. The van der Waals surface area contributed by atoms with E-state index >= 15 is 0 Å². The van der Waals surface area contributed by atoms with Crippen molar-refractivity contribution in [3.8, 4) is 12.3 Å². The van der Waals surface area contributed by atoms with Gasteiger partial charge >= 0.3 is 12.1 Å². The van der Waals surface area contributed by atoms with Gasteiger partial charge in [0.2, 0.25) is 0 Å². The quantitative estimate of drug-likeness (QED) is 0.495. The molecule has 1 saturated carbocycles. The number of terminal acetylenes is 1. The molecule has 2 unspecified atom stereocenters. The summed E-state index contributed by atoms with van der Waals surface area (Å²) in [5.41, 5.74) is 0. The van der Waals surface area contributed by atoms with Crippen LogP contribution in [0.4, 0.5) is 22.0 Å². The second-order valence-corrected chi connectivity index (χ2v) is 3.45. The highest BCUT2D eigenvalue weighted by Crippen LogP contribution is 2.48. The molecule has 0 aromatic rings. The molecule has 1 rings (SSSR count). The zero-order valence-corrected chi connectivity index (χ0v) is 7.44. The van der Waals surface area contributed by atoms with Gasteiger partial charge in [-0.15, -0.1) is 12.3 Å². The maximum atomic E-state index is 12.9. The normalized spacial score (nSPS) is 27.9. The van der Waals surface area contributed by atoms with E-state index in [-0.39, 0.29) is 0 Å². The summed E-state index contributed by atoms with van der Waals surface area (Å²) in [6, 6.07) is 0. The largest absolute Gasteiger partial charge is 0.453 e. The van der Waals surface area contributed by atoms with E-state index in [4.69, 9.17) is 6.42 Å². The Hall–Kier alpha value is -1.12. The van der Waals surface area contributed by atoms with Gasteiger partial charge in [-0.3, -0.25) is 4.79 Å². The molecule has 0 amide bonds. The molecule has 84 valence electrons. The van der Waals surface area contributed by atoms with Gasteiger partial charge in [-0.25, -0.2) is 0 Å². The molecule has 1 nitrogen and oxygen atoms in total. The van der Waals surface area contributed by atoms with Crippen LogP contribution in [0.2, 0.25) is 0 Å². The lowest BCUT2D eigenvalue weighted by molar-refractivity contribution is -0.304. The summed E-state index contributed by atoms with van der Waals surface area (Å²) in [6.45, 7) is 0. The molecule has 15 heavy (non-hydrogen) atoms. The molecule has 0 saturated heterocycles. The molecule has 1 fully saturated rings. The van der Waals surface area contributed by atoms with Gasteiger partial charge in [-0.1, -0.05) is 0 Å². The average molecular weight is 226 g/mol. The number of Topliss-reactive ketones (excluding diaryl/α,β-unsaturated/α-hetero) is 1. The van der Waals surface area contributed by atoms with Crippen molar-refractivity contribution in [1.29, 1.82) is 0 Å². The zero-order chi connectivity index (χ0) is 11.9. The third-order valence-corrected chi connectivity index (χ3v) is 2.44. The van der Waals surface area contributed by atoms with Crippen LogP contribution in [0.25, 0.3) is 0 Å². The molecule has 0 heterocycles. The predicted molar refractivity (Wildman–Crippen MR) is 41.1 cm³/mol. The van der Waals surface area contributed by atoms with E-state index in [0.29, 0.717) is 0 Å². The SMILES string of the molecule is C#CC1CC(=O)CC1C(F)(F)C(F)(F)F. The van der Waals surface area contributed by atoms with E-state index in [9.17, 15) is 26.7 Å². The van der Waals surface area contributed by atoms with E-state index in [1.165, 1.54) is 0 Å². The summed E-state index contributed by atoms with van der Waals surface area (Å²) in [5, 5.41) is 0. The van der Waals surface area contributed by atoms with Crippen LogP contribution in [0, 0.1) is 24.2 Å². The van der Waals surface area contributed by atoms with Crippen LogP contribution < -0.4 is 0 Å². The fourth-order valence-electron chi connectivity index (χ4n) is 1.62. The Kier molecular flexibility index (Phi) is 2.77. The average Bonchev–Trinajstić information content (AvgIpc) is 2.45. The monoisotopic (exact) mass is 226 g/mol. The van der Waals surface area contributed by atoms with E-state index in [1.54, 1.807) is 0 Å². The van der Waals surface area contributed by atoms with Gasteiger partial charge in [0.15, 0.2) is 0 Å². The smallest absolute Gasteiger partial charge is 0.300 e. The molecule has 0 spiro atoms. The highest BCUT2D eigenvalue weighted by Gasteiger charge is 2.65. The van der Waals surface area contributed by atoms with E-state index in [2.05, 4.69) is 0 Å². The van der Waals surface area contributed by atoms with Crippen molar-refractivity contribution in [1.82, 2.24) is 0 Å². The molecule has 0 aliphatic heterocycles. The summed E-state index contributed by atoms with van der Waals surface area (Å²) in [6.07, 6.45) is -2.03. The first-order chi connectivity index (χ1) is 6.70. The number of hydrogen-bond acceptors (Lipinski definition) is 1. The first kappa shape index (κ1) is 12.0. The van der Waals surface area contributed by atoms with Crippen molar-refractivity contribution in [2.75, 3.05) is 0 Å². The number of ketones is 1. The molecule has 1 aliphatic rings. The van der Waals surface area contributed by atoms with Gasteiger partial charge < -0.3 is 0 Å². The highest BCUT2D eigenvalue weighted by molar-refractivity contribution is 5.82. The summed E-state index contributed by atoms with van der Waals surface area (Å²) in [7, 11) is 0. The summed E-state index contributed by atoms with van der Waals surface area (Å²) in [5.74, 6) is -7.16. The van der Waals surface area contributed by atoms with Crippen molar-refractivity contribution in [2.45, 2.75) is 24.9 Å². The topological polar surface area (TPSA) is 17.1 Å². The number of alkyl halides is 5. The van der Waals surface area contributed by atoms with Crippen molar-refractivity contribution in [2.24, 2.45) is 11.8 Å². The molecule has 0 bridgehead atoms. The Morgan fingerprint density at radius 1 is 1.20 bits per heavy atom. The molecule has 0 radical (unpaired) electrons. The Bertz CT molecular complexity index is 311. The summed E-state index contributed by atoms with van der Waals surface area (Å²) >= 11 is 0. The Balaban J connectivity index is 2.98. The second-order valence-electron chi connectivity index (χ2n) is 3.45. The van der Waals surface area contributed by atoms with Gasteiger partial charge in [0, 0.05) is 18.8 Å². The lowest BCUT2D eigenvalue weighted by atomic mass is 9.90. The molecular weight excluding hydrogens is 219 g/mol. The van der Waals surface area contributed by atoms with Crippen molar-refractivity contribution in [3.05, 3.63) is 0 Å². The van der Waals surface area contributed by atoms with Crippen LogP contribution in [0.1, 0.15) is 12.8 Å². The lowest BCUT2D eigenvalue weighted by Gasteiger charge is -2.27. The van der Waals surface area contributed by atoms with Crippen molar-refractivity contribution >= 4 is 5.78 Å². The number of carbonyl (C=O) groups excluding carboxylic acids is 1. The molecular formula is C9H7F5O. The van der Waals surface area contributed by atoms with E-state index in [0.717, 1.165) is 0 Å². The van der Waals surface area contributed by atoms with Crippen molar-refractivity contribution < 1.29 is 26.7 Å². The van der Waals surface area contributed by atoms with Crippen molar-refractivity contribution in [3.63, 3.8) is 0 Å². The number of carbonyl (C=O) groups is 1. The van der Waals surface area contributed by atoms with Crippen LogP contribution in [0.3, 0.4) is 0 Å². The maximum Gasteiger partial charge on any atom is 0.453 e. The molecule has 1 aliphatic carbocycles. The predicted octanol–water partition coefficient (Wildman–Crippen LogP) is 2.41. The van der Waals surface area contributed by atoms with Gasteiger partial charge in [0.1, 0.15) is 5.78 Å². The third kappa shape index (κ3) is 1.96.